The van der Waals surface area contributed by atoms with Gasteiger partial charge in [0.1, 0.15) is 0 Å². The molecule has 7 heteroatoms. The molecular formula is C19H25F2N5. The predicted octanol–water partition coefficient (Wildman–Crippen LogP) is 5.10. The van der Waals surface area contributed by atoms with Crippen LogP contribution in [-0.4, -0.2) is 22.7 Å². The summed E-state index contributed by atoms with van der Waals surface area (Å²) in [5.74, 6) is -2.18. The van der Waals surface area contributed by atoms with E-state index in [0.29, 0.717) is 17.2 Å². The molecule has 2 rings (SSSR count). The molecule has 3 N–H and O–H groups in total. The largest absolute Gasteiger partial charge is 0.384 e. The van der Waals surface area contributed by atoms with Gasteiger partial charge in [0, 0.05) is 37.1 Å². The van der Waals surface area contributed by atoms with Gasteiger partial charge >= 0.3 is 0 Å². The van der Waals surface area contributed by atoms with Crippen LogP contribution in [0.3, 0.4) is 0 Å². The van der Waals surface area contributed by atoms with Gasteiger partial charge in [-0.1, -0.05) is 19.9 Å². The third-order valence-corrected chi connectivity index (χ3v) is 3.99. The molecule has 0 bridgehead atoms. The number of aromatic nitrogens is 2. The molecule has 0 atom stereocenters. The molecular weight excluding hydrogens is 336 g/mol. The van der Waals surface area contributed by atoms with Crippen LogP contribution in [0, 0.1) is 18.3 Å². The molecule has 1 aromatic heterocycles. The van der Waals surface area contributed by atoms with Crippen molar-refractivity contribution in [3.8, 4) is 0 Å². The molecule has 0 amide bonds. The molecule has 5 nitrogen and oxygen atoms in total. The van der Waals surface area contributed by atoms with Crippen molar-refractivity contribution in [1.29, 1.82) is 5.41 Å². The van der Waals surface area contributed by atoms with Gasteiger partial charge in [0.2, 0.25) is 5.95 Å². The molecule has 0 aliphatic carbocycles. The van der Waals surface area contributed by atoms with E-state index in [4.69, 9.17) is 5.41 Å². The summed E-state index contributed by atoms with van der Waals surface area (Å²) in [5, 5.41) is 14.1. The molecule has 140 valence electrons. The number of nitrogens with zero attached hydrogens (tertiary/aromatic N) is 2. The fraction of sp³-hybridized carbons (Fsp3) is 0.421. The fourth-order valence-corrected chi connectivity index (χ4v) is 2.56. The predicted molar refractivity (Wildman–Crippen MR) is 102 cm³/mol. The van der Waals surface area contributed by atoms with Crippen molar-refractivity contribution in [3.05, 3.63) is 41.2 Å². The highest BCUT2D eigenvalue weighted by Gasteiger charge is 2.27. The highest BCUT2D eigenvalue weighted by molar-refractivity contribution is 5.94. The van der Waals surface area contributed by atoms with Gasteiger partial charge in [-0.25, -0.2) is 18.7 Å². The molecule has 0 unspecified atom stereocenters. The number of rotatable bonds is 8. The molecule has 1 heterocycles. The van der Waals surface area contributed by atoms with Crippen LogP contribution in [0.1, 0.15) is 44.0 Å². The zero-order valence-corrected chi connectivity index (χ0v) is 15.5. The van der Waals surface area contributed by atoms with Crippen LogP contribution in [0.5, 0.6) is 0 Å². The van der Waals surface area contributed by atoms with E-state index in [9.17, 15) is 8.78 Å². The zero-order chi connectivity index (χ0) is 19.3. The first kappa shape index (κ1) is 19.8. The zero-order valence-electron chi connectivity index (χ0n) is 15.5. The molecule has 0 radical (unpaired) electrons. The van der Waals surface area contributed by atoms with Crippen molar-refractivity contribution in [3.63, 3.8) is 0 Å². The van der Waals surface area contributed by atoms with Crippen molar-refractivity contribution in [1.82, 2.24) is 9.97 Å². The normalized spacial score (nSPS) is 11.5. The number of hydrogen-bond acceptors (Lipinski definition) is 5. The van der Waals surface area contributed by atoms with E-state index in [1.807, 2.05) is 12.1 Å². The summed E-state index contributed by atoms with van der Waals surface area (Å²) < 4.78 is 27.0. The van der Waals surface area contributed by atoms with E-state index in [2.05, 4.69) is 34.4 Å². The fourth-order valence-electron chi connectivity index (χ4n) is 2.56. The van der Waals surface area contributed by atoms with Crippen molar-refractivity contribution in [2.24, 2.45) is 5.92 Å². The Morgan fingerprint density at radius 1 is 1.27 bits per heavy atom. The van der Waals surface area contributed by atoms with Crippen molar-refractivity contribution < 1.29 is 8.78 Å². The number of nitrogens with one attached hydrogen (secondary N) is 3. The maximum absolute atomic E-state index is 13.5. The second-order valence-corrected chi connectivity index (χ2v) is 6.73. The maximum atomic E-state index is 13.5. The van der Waals surface area contributed by atoms with Crippen LogP contribution in [0.4, 0.5) is 26.1 Å². The number of alkyl halides is 2. The van der Waals surface area contributed by atoms with E-state index in [1.165, 1.54) is 13.1 Å². The Morgan fingerprint density at radius 2 is 1.96 bits per heavy atom. The lowest BCUT2D eigenvalue weighted by molar-refractivity contribution is 0.0160. The highest BCUT2D eigenvalue weighted by Crippen LogP contribution is 2.30. The highest BCUT2D eigenvalue weighted by atomic mass is 19.3. The Hall–Kier alpha value is -2.57. The molecule has 2 aromatic rings. The van der Waals surface area contributed by atoms with Gasteiger partial charge in [0.25, 0.3) is 5.92 Å². The molecule has 0 spiro atoms. The van der Waals surface area contributed by atoms with Crippen molar-refractivity contribution >= 4 is 23.5 Å². The maximum Gasteiger partial charge on any atom is 0.273 e. The van der Waals surface area contributed by atoms with Gasteiger partial charge in [-0.15, -0.1) is 0 Å². The van der Waals surface area contributed by atoms with Gasteiger partial charge in [-0.3, -0.25) is 0 Å². The Morgan fingerprint density at radius 3 is 2.54 bits per heavy atom. The Bertz CT molecular complexity index is 769. The number of benzene rings is 1. The van der Waals surface area contributed by atoms with Crippen molar-refractivity contribution in [2.45, 2.75) is 40.0 Å². The standard InChI is InChI=1S/C19H25F2N5/c1-12(2)8-9-23-16-6-5-7-17(14(16)10-22)26-18-24-11-15(13(3)25-18)19(4,20)21/h5-7,10-12,22-23H,8-9H2,1-4H3,(H,24,25,26). The second kappa shape index (κ2) is 8.21. The van der Waals surface area contributed by atoms with Crippen molar-refractivity contribution in [2.75, 3.05) is 17.2 Å². The minimum atomic E-state index is -2.98. The van der Waals surface area contributed by atoms with Crippen LogP contribution < -0.4 is 10.6 Å². The third kappa shape index (κ3) is 4.97. The summed E-state index contributed by atoms with van der Waals surface area (Å²) in [6.45, 7) is 7.46. The molecule has 1 aromatic carbocycles. The molecule has 0 saturated carbocycles. The molecule has 0 aliphatic rings. The summed E-state index contributed by atoms with van der Waals surface area (Å²) in [5.41, 5.74) is 2.17. The summed E-state index contributed by atoms with van der Waals surface area (Å²) in [6.07, 6.45) is 3.41. The van der Waals surface area contributed by atoms with E-state index < -0.39 is 5.92 Å². The van der Waals surface area contributed by atoms with Gasteiger partial charge in [0.15, 0.2) is 0 Å². The van der Waals surface area contributed by atoms with Gasteiger partial charge < -0.3 is 16.0 Å². The first-order chi connectivity index (χ1) is 12.2. The number of halogens is 2. The molecule has 0 saturated heterocycles. The Labute approximate surface area is 152 Å². The van der Waals surface area contributed by atoms with Crippen LogP contribution in [-0.2, 0) is 5.92 Å². The van der Waals surface area contributed by atoms with Gasteiger partial charge in [-0.2, -0.15) is 0 Å². The van der Waals surface area contributed by atoms with E-state index in [1.54, 1.807) is 6.07 Å². The summed E-state index contributed by atoms with van der Waals surface area (Å²) in [7, 11) is 0. The van der Waals surface area contributed by atoms with E-state index >= 15 is 0 Å². The minimum Gasteiger partial charge on any atom is -0.384 e. The number of hydrogen-bond donors (Lipinski definition) is 3. The average molecular weight is 361 g/mol. The summed E-state index contributed by atoms with van der Waals surface area (Å²) >= 11 is 0. The third-order valence-electron chi connectivity index (χ3n) is 3.99. The van der Waals surface area contributed by atoms with Crippen LogP contribution in [0.2, 0.25) is 0 Å². The summed E-state index contributed by atoms with van der Waals surface area (Å²) in [6, 6.07) is 5.56. The lowest BCUT2D eigenvalue weighted by Gasteiger charge is -2.16. The van der Waals surface area contributed by atoms with Gasteiger partial charge in [-0.05, 0) is 31.4 Å². The average Bonchev–Trinajstić information content (AvgIpc) is 2.53. The van der Waals surface area contributed by atoms with E-state index in [-0.39, 0.29) is 17.2 Å². The quantitative estimate of drug-likeness (QED) is 0.572. The number of anilines is 3. The Kier molecular flexibility index (Phi) is 6.23. The van der Waals surface area contributed by atoms with Crippen LogP contribution in [0.15, 0.2) is 24.4 Å². The lowest BCUT2D eigenvalue weighted by Crippen LogP contribution is -2.13. The second-order valence-electron chi connectivity index (χ2n) is 6.73. The number of aryl methyl sites for hydroxylation is 1. The van der Waals surface area contributed by atoms with E-state index in [0.717, 1.165) is 31.8 Å². The first-order valence-electron chi connectivity index (χ1n) is 8.58. The molecule has 0 fully saturated rings. The summed E-state index contributed by atoms with van der Waals surface area (Å²) in [4.78, 5) is 8.12. The minimum absolute atomic E-state index is 0.195. The SMILES string of the molecule is Cc1nc(Nc2cccc(NCCC(C)C)c2C=N)ncc1C(C)(F)F. The first-order valence-corrected chi connectivity index (χ1v) is 8.58. The topological polar surface area (TPSA) is 73.7 Å². The van der Waals surface area contributed by atoms with Crippen LogP contribution in [0.25, 0.3) is 0 Å². The monoisotopic (exact) mass is 361 g/mol. The smallest absolute Gasteiger partial charge is 0.273 e. The Balaban J connectivity index is 2.24. The lowest BCUT2D eigenvalue weighted by atomic mass is 10.1. The van der Waals surface area contributed by atoms with Gasteiger partial charge in [0.05, 0.1) is 16.9 Å². The molecule has 26 heavy (non-hydrogen) atoms. The molecule has 0 aliphatic heterocycles. The van der Waals surface area contributed by atoms with Crippen LogP contribution >= 0.6 is 0 Å².